The Morgan fingerprint density at radius 2 is 1.67 bits per heavy atom. The molecule has 3 aromatic carbocycles. The molecule has 0 radical (unpaired) electrons. The summed E-state index contributed by atoms with van der Waals surface area (Å²) in [6.07, 6.45) is 6.34. The van der Waals surface area contributed by atoms with Gasteiger partial charge >= 0.3 is 0 Å². The third kappa shape index (κ3) is 9.19. The summed E-state index contributed by atoms with van der Waals surface area (Å²) < 4.78 is 5.96. The highest BCUT2D eigenvalue weighted by Crippen LogP contribution is 2.26. The van der Waals surface area contributed by atoms with Crippen molar-refractivity contribution >= 4 is 28.4 Å². The molecule has 250 valence electrons. The number of nitrogens with one attached hydrogen (secondary N) is 4. The summed E-state index contributed by atoms with van der Waals surface area (Å²) in [4.78, 5) is 41.2. The van der Waals surface area contributed by atoms with E-state index >= 15 is 0 Å². The van der Waals surface area contributed by atoms with Crippen LogP contribution in [0.15, 0.2) is 97.5 Å². The summed E-state index contributed by atoms with van der Waals surface area (Å²) in [5, 5.41) is 11.7. The molecular formula is C38H45N7O3. The fourth-order valence-electron chi connectivity index (χ4n) is 5.68. The largest absolute Gasteiger partial charge is 0.487 e. The SMILES string of the molecule is CC(C)Oc1cccnc1N(C)CCC[C@H](NC(=O)c1ccc(CNCc2ncc[nH]2)cc1)C(=O)N[C@@H](C)c1cccc2ccccc12. The van der Waals surface area contributed by atoms with Gasteiger partial charge in [0.25, 0.3) is 5.91 Å². The Kier molecular flexibility index (Phi) is 11.8. The van der Waals surface area contributed by atoms with Gasteiger partial charge in [0, 0.05) is 44.3 Å². The van der Waals surface area contributed by atoms with E-state index in [0.29, 0.717) is 43.8 Å². The minimum absolute atomic E-state index is 0.0143. The number of aromatic amines is 1. The van der Waals surface area contributed by atoms with E-state index in [9.17, 15) is 9.59 Å². The molecule has 2 atom stereocenters. The van der Waals surface area contributed by atoms with Crippen LogP contribution in [0.5, 0.6) is 5.75 Å². The number of benzene rings is 3. The molecule has 5 rings (SSSR count). The van der Waals surface area contributed by atoms with E-state index in [-0.39, 0.29) is 24.0 Å². The quantitative estimate of drug-likeness (QED) is 0.105. The zero-order valence-corrected chi connectivity index (χ0v) is 28.1. The summed E-state index contributed by atoms with van der Waals surface area (Å²) in [6.45, 7) is 7.80. The van der Waals surface area contributed by atoms with Crippen LogP contribution in [-0.4, -0.2) is 52.5 Å². The standard InChI is InChI=1S/C38H45N7O3/c1-26(2)48-34-15-8-20-42-36(34)45(4)23-9-14-33(38(47)43-27(3)31-13-7-11-29-10-5-6-12-32(29)31)44-37(46)30-18-16-28(17-19-30)24-39-25-35-40-21-22-41-35/h5-8,10-13,15-22,26-27,33,39H,9,14,23-25H2,1-4H3,(H,40,41)(H,43,47)(H,44,46)/t27-,33-/m0/s1. The van der Waals surface area contributed by atoms with Crippen molar-refractivity contribution in [1.82, 2.24) is 30.9 Å². The lowest BCUT2D eigenvalue weighted by Crippen LogP contribution is -2.47. The molecule has 10 nitrogen and oxygen atoms in total. The normalized spacial score (nSPS) is 12.4. The molecule has 0 aliphatic heterocycles. The van der Waals surface area contributed by atoms with Gasteiger partial charge in [-0.2, -0.15) is 0 Å². The number of nitrogens with zero attached hydrogens (tertiary/aromatic N) is 3. The number of ether oxygens (including phenoxy) is 1. The fourth-order valence-corrected chi connectivity index (χ4v) is 5.68. The topological polar surface area (TPSA) is 124 Å². The van der Waals surface area contributed by atoms with Gasteiger partial charge in [0.05, 0.1) is 18.7 Å². The van der Waals surface area contributed by atoms with Crippen LogP contribution in [0.1, 0.15) is 67.0 Å². The Bertz CT molecular complexity index is 1770. The monoisotopic (exact) mass is 647 g/mol. The van der Waals surface area contributed by atoms with Gasteiger partial charge in [0.1, 0.15) is 11.9 Å². The highest BCUT2D eigenvalue weighted by Gasteiger charge is 2.24. The lowest BCUT2D eigenvalue weighted by molar-refractivity contribution is -0.123. The average molecular weight is 648 g/mol. The lowest BCUT2D eigenvalue weighted by atomic mass is 9.99. The molecule has 0 aliphatic carbocycles. The number of carbonyl (C=O) groups excluding carboxylic acids is 2. The van der Waals surface area contributed by atoms with Crippen LogP contribution in [-0.2, 0) is 17.9 Å². The summed E-state index contributed by atoms with van der Waals surface area (Å²) in [6, 6.07) is 24.4. The number of carbonyl (C=O) groups is 2. The Balaban J connectivity index is 1.26. The number of amides is 2. The van der Waals surface area contributed by atoms with E-state index in [0.717, 1.165) is 33.5 Å². The number of aromatic nitrogens is 3. The smallest absolute Gasteiger partial charge is 0.251 e. The van der Waals surface area contributed by atoms with Crippen molar-refractivity contribution in [2.45, 2.75) is 64.9 Å². The maximum atomic E-state index is 13.8. The molecule has 0 bridgehead atoms. The number of hydrogen-bond acceptors (Lipinski definition) is 7. The Morgan fingerprint density at radius 3 is 2.44 bits per heavy atom. The molecule has 2 amide bonds. The molecule has 2 aromatic heterocycles. The molecule has 5 aromatic rings. The Hall–Kier alpha value is -5.22. The molecule has 48 heavy (non-hydrogen) atoms. The highest BCUT2D eigenvalue weighted by molar-refractivity contribution is 5.97. The van der Waals surface area contributed by atoms with Crippen LogP contribution in [0.4, 0.5) is 5.82 Å². The van der Waals surface area contributed by atoms with Crippen molar-refractivity contribution in [3.63, 3.8) is 0 Å². The Labute approximate surface area is 282 Å². The van der Waals surface area contributed by atoms with Gasteiger partial charge in [-0.15, -0.1) is 0 Å². The number of hydrogen-bond donors (Lipinski definition) is 4. The lowest BCUT2D eigenvalue weighted by Gasteiger charge is -2.25. The number of fused-ring (bicyclic) bond motifs is 1. The van der Waals surface area contributed by atoms with Crippen molar-refractivity contribution in [1.29, 1.82) is 0 Å². The van der Waals surface area contributed by atoms with Crippen LogP contribution in [0, 0.1) is 0 Å². The van der Waals surface area contributed by atoms with E-state index in [1.54, 1.807) is 30.7 Å². The van der Waals surface area contributed by atoms with Crippen LogP contribution in [0.25, 0.3) is 10.8 Å². The van der Waals surface area contributed by atoms with Crippen molar-refractivity contribution in [3.8, 4) is 5.75 Å². The summed E-state index contributed by atoms with van der Waals surface area (Å²) in [5.41, 5.74) is 2.55. The molecule has 0 aliphatic rings. The number of rotatable bonds is 16. The second-order valence-electron chi connectivity index (χ2n) is 12.2. The highest BCUT2D eigenvalue weighted by atomic mass is 16.5. The molecule has 4 N–H and O–H groups in total. The molecule has 0 saturated heterocycles. The van der Waals surface area contributed by atoms with E-state index in [1.807, 2.05) is 81.2 Å². The molecule has 0 fully saturated rings. The number of pyridine rings is 1. The van der Waals surface area contributed by atoms with Crippen molar-refractivity contribution < 1.29 is 14.3 Å². The summed E-state index contributed by atoms with van der Waals surface area (Å²) >= 11 is 0. The zero-order chi connectivity index (χ0) is 33.9. The first kappa shape index (κ1) is 34.1. The molecular weight excluding hydrogens is 602 g/mol. The maximum absolute atomic E-state index is 13.8. The predicted octanol–water partition coefficient (Wildman–Crippen LogP) is 5.93. The second kappa shape index (κ2) is 16.6. The number of imidazole rings is 1. The third-order valence-electron chi connectivity index (χ3n) is 8.12. The molecule has 0 spiro atoms. The number of anilines is 1. The predicted molar refractivity (Wildman–Crippen MR) is 190 cm³/mol. The van der Waals surface area contributed by atoms with Crippen molar-refractivity contribution in [2.75, 3.05) is 18.5 Å². The van der Waals surface area contributed by atoms with E-state index in [4.69, 9.17) is 4.74 Å². The maximum Gasteiger partial charge on any atom is 0.251 e. The van der Waals surface area contributed by atoms with Gasteiger partial charge in [-0.05, 0) is 79.8 Å². The second-order valence-corrected chi connectivity index (χ2v) is 12.2. The third-order valence-corrected chi connectivity index (χ3v) is 8.12. The first-order valence-electron chi connectivity index (χ1n) is 16.5. The van der Waals surface area contributed by atoms with E-state index < -0.39 is 6.04 Å². The van der Waals surface area contributed by atoms with Crippen molar-refractivity contribution in [2.24, 2.45) is 0 Å². The average Bonchev–Trinajstić information content (AvgIpc) is 3.61. The first-order valence-corrected chi connectivity index (χ1v) is 16.5. The Morgan fingerprint density at radius 1 is 0.875 bits per heavy atom. The van der Waals surface area contributed by atoms with E-state index in [1.165, 1.54) is 0 Å². The first-order chi connectivity index (χ1) is 23.3. The minimum Gasteiger partial charge on any atom is -0.487 e. The van der Waals surface area contributed by atoms with Gasteiger partial charge in [-0.1, -0.05) is 54.6 Å². The molecule has 0 saturated carbocycles. The van der Waals surface area contributed by atoms with Gasteiger partial charge in [0.2, 0.25) is 5.91 Å². The molecule has 2 heterocycles. The fraction of sp³-hybridized carbons (Fsp3) is 0.316. The molecule has 0 unspecified atom stereocenters. The molecule has 10 heteroatoms. The van der Waals surface area contributed by atoms with Gasteiger partial charge < -0.3 is 30.6 Å². The van der Waals surface area contributed by atoms with Gasteiger partial charge in [-0.3, -0.25) is 9.59 Å². The summed E-state index contributed by atoms with van der Waals surface area (Å²) in [5.74, 6) is 1.78. The van der Waals surface area contributed by atoms with Crippen LogP contribution in [0.2, 0.25) is 0 Å². The zero-order valence-electron chi connectivity index (χ0n) is 28.1. The van der Waals surface area contributed by atoms with E-state index in [2.05, 4.69) is 49.1 Å². The van der Waals surface area contributed by atoms with Gasteiger partial charge in [-0.25, -0.2) is 9.97 Å². The van der Waals surface area contributed by atoms with Crippen molar-refractivity contribution in [3.05, 3.63) is 120 Å². The van der Waals surface area contributed by atoms with Crippen LogP contribution < -0.4 is 25.6 Å². The number of H-pyrrole nitrogens is 1. The minimum atomic E-state index is -0.743. The summed E-state index contributed by atoms with van der Waals surface area (Å²) in [7, 11) is 1.96. The van der Waals surface area contributed by atoms with Gasteiger partial charge in [0.15, 0.2) is 11.6 Å². The van der Waals surface area contributed by atoms with Crippen LogP contribution in [0.3, 0.4) is 0 Å². The van der Waals surface area contributed by atoms with Crippen LogP contribution >= 0.6 is 0 Å².